The number of rotatable bonds is 7. The summed E-state index contributed by atoms with van der Waals surface area (Å²) in [5.74, 6) is 0.825. The highest BCUT2D eigenvalue weighted by Gasteiger charge is 2.15. The third-order valence-electron chi connectivity index (χ3n) is 2.96. The van der Waals surface area contributed by atoms with Gasteiger partial charge in [-0.15, -0.1) is 11.3 Å². The number of methoxy groups -OCH3 is 2. The molecule has 2 aromatic rings. The maximum absolute atomic E-state index is 12.1. The highest BCUT2D eigenvalue weighted by atomic mass is 32.1. The molecule has 1 amide bonds. The fourth-order valence-corrected chi connectivity index (χ4v) is 2.32. The second kappa shape index (κ2) is 8.19. The summed E-state index contributed by atoms with van der Waals surface area (Å²) in [6.07, 6.45) is 0.851. The molecule has 6 nitrogen and oxygen atoms in total. The molecule has 0 radical (unpaired) electrons. The summed E-state index contributed by atoms with van der Waals surface area (Å²) >= 11 is 1.54. The summed E-state index contributed by atoms with van der Waals surface area (Å²) < 4.78 is 10.3. The van der Waals surface area contributed by atoms with Gasteiger partial charge >= 0.3 is 0 Å². The van der Waals surface area contributed by atoms with Crippen molar-refractivity contribution in [1.82, 2.24) is 0 Å². The SMILES string of the molecule is COc1ccc(NC(=O)C(C)O/N=C/c2cccs2)cc1OC. The average Bonchev–Trinajstić information content (AvgIpc) is 3.07. The van der Waals surface area contributed by atoms with Gasteiger partial charge in [0.25, 0.3) is 5.91 Å². The molecule has 2 rings (SSSR count). The van der Waals surface area contributed by atoms with Crippen LogP contribution in [0.4, 0.5) is 5.69 Å². The van der Waals surface area contributed by atoms with Gasteiger partial charge in [0.15, 0.2) is 11.5 Å². The zero-order valence-electron chi connectivity index (χ0n) is 13.1. The Labute approximate surface area is 138 Å². The van der Waals surface area contributed by atoms with Crippen molar-refractivity contribution in [3.05, 3.63) is 40.6 Å². The van der Waals surface area contributed by atoms with E-state index in [1.807, 2.05) is 17.5 Å². The Morgan fingerprint density at radius 3 is 2.70 bits per heavy atom. The standard InChI is InChI=1S/C16H18N2O4S/c1-11(22-17-10-13-5-4-8-23-13)16(19)18-12-6-7-14(20-2)15(9-12)21-3/h4-11H,1-3H3,(H,18,19)/b17-10+. The summed E-state index contributed by atoms with van der Waals surface area (Å²) in [4.78, 5) is 18.2. The molecule has 0 aliphatic heterocycles. The van der Waals surface area contributed by atoms with E-state index >= 15 is 0 Å². The highest BCUT2D eigenvalue weighted by Crippen LogP contribution is 2.29. The van der Waals surface area contributed by atoms with Crippen LogP contribution < -0.4 is 14.8 Å². The molecule has 1 atom stereocenters. The minimum Gasteiger partial charge on any atom is -0.493 e. The van der Waals surface area contributed by atoms with Crippen molar-refractivity contribution in [3.8, 4) is 11.5 Å². The van der Waals surface area contributed by atoms with Crippen LogP contribution in [0.15, 0.2) is 40.9 Å². The molecule has 0 fully saturated rings. The molecule has 1 unspecified atom stereocenters. The van der Waals surface area contributed by atoms with Crippen LogP contribution in [0.2, 0.25) is 0 Å². The Kier molecular flexibility index (Phi) is 5.99. The predicted molar refractivity (Wildman–Crippen MR) is 90.6 cm³/mol. The van der Waals surface area contributed by atoms with Crippen LogP contribution >= 0.6 is 11.3 Å². The smallest absolute Gasteiger partial charge is 0.267 e. The van der Waals surface area contributed by atoms with Crippen LogP contribution in [0.1, 0.15) is 11.8 Å². The van der Waals surface area contributed by atoms with E-state index in [1.54, 1.807) is 38.4 Å². The number of oxime groups is 1. The quantitative estimate of drug-likeness (QED) is 0.624. The molecule has 23 heavy (non-hydrogen) atoms. The lowest BCUT2D eigenvalue weighted by molar-refractivity contribution is -0.126. The number of hydrogen-bond donors (Lipinski definition) is 1. The van der Waals surface area contributed by atoms with E-state index in [9.17, 15) is 4.79 Å². The number of benzene rings is 1. The Morgan fingerprint density at radius 1 is 1.26 bits per heavy atom. The van der Waals surface area contributed by atoms with E-state index in [-0.39, 0.29) is 5.91 Å². The van der Waals surface area contributed by atoms with Gasteiger partial charge in [0.05, 0.1) is 20.4 Å². The van der Waals surface area contributed by atoms with Gasteiger partial charge in [0, 0.05) is 16.6 Å². The van der Waals surface area contributed by atoms with Crippen molar-refractivity contribution in [2.24, 2.45) is 5.16 Å². The van der Waals surface area contributed by atoms with Gasteiger partial charge < -0.3 is 19.6 Å². The van der Waals surface area contributed by atoms with Crippen LogP contribution in [-0.2, 0) is 9.63 Å². The number of anilines is 1. The first-order valence-corrected chi connectivity index (χ1v) is 7.77. The highest BCUT2D eigenvalue weighted by molar-refractivity contribution is 7.11. The largest absolute Gasteiger partial charge is 0.493 e. The molecule has 122 valence electrons. The third-order valence-corrected chi connectivity index (χ3v) is 3.77. The maximum atomic E-state index is 12.1. The number of nitrogens with one attached hydrogen (secondary N) is 1. The van der Waals surface area contributed by atoms with Gasteiger partial charge in [-0.2, -0.15) is 0 Å². The maximum Gasteiger partial charge on any atom is 0.267 e. The Balaban J connectivity index is 1.92. The molecule has 1 aromatic carbocycles. The zero-order chi connectivity index (χ0) is 16.7. The van der Waals surface area contributed by atoms with E-state index in [0.29, 0.717) is 17.2 Å². The molecule has 0 aliphatic carbocycles. The van der Waals surface area contributed by atoms with E-state index in [0.717, 1.165) is 4.88 Å². The van der Waals surface area contributed by atoms with Gasteiger partial charge in [-0.25, -0.2) is 0 Å². The van der Waals surface area contributed by atoms with Gasteiger partial charge in [-0.3, -0.25) is 4.79 Å². The van der Waals surface area contributed by atoms with Crippen molar-refractivity contribution in [1.29, 1.82) is 0 Å². The topological polar surface area (TPSA) is 69.2 Å². The number of ether oxygens (including phenoxy) is 2. The molecule has 0 saturated heterocycles. The molecule has 7 heteroatoms. The van der Waals surface area contributed by atoms with Crippen molar-refractivity contribution in [2.75, 3.05) is 19.5 Å². The van der Waals surface area contributed by atoms with E-state index < -0.39 is 6.10 Å². The van der Waals surface area contributed by atoms with Gasteiger partial charge in [0.2, 0.25) is 6.10 Å². The minimum atomic E-state index is -0.723. The van der Waals surface area contributed by atoms with Crippen molar-refractivity contribution in [3.63, 3.8) is 0 Å². The Bertz CT molecular complexity index is 671. The number of carbonyl (C=O) groups is 1. The molecular formula is C16H18N2O4S. The summed E-state index contributed by atoms with van der Waals surface area (Å²) in [6.45, 7) is 1.63. The fourth-order valence-electron chi connectivity index (χ4n) is 1.74. The second-order valence-corrected chi connectivity index (χ2v) is 5.54. The fraction of sp³-hybridized carbons (Fsp3) is 0.250. The number of hydrogen-bond acceptors (Lipinski definition) is 6. The zero-order valence-corrected chi connectivity index (χ0v) is 13.9. The summed E-state index contributed by atoms with van der Waals surface area (Å²) in [7, 11) is 3.09. The lowest BCUT2D eigenvalue weighted by atomic mass is 10.2. The lowest BCUT2D eigenvalue weighted by Crippen LogP contribution is -2.26. The molecule has 0 spiro atoms. The number of carbonyl (C=O) groups excluding carboxylic acids is 1. The average molecular weight is 334 g/mol. The monoisotopic (exact) mass is 334 g/mol. The molecule has 1 heterocycles. The molecule has 1 N–H and O–H groups in total. The normalized spacial score (nSPS) is 12.0. The van der Waals surface area contributed by atoms with Crippen LogP contribution in [0.5, 0.6) is 11.5 Å². The van der Waals surface area contributed by atoms with Gasteiger partial charge in [-0.1, -0.05) is 11.2 Å². The van der Waals surface area contributed by atoms with Gasteiger partial charge in [0.1, 0.15) is 0 Å². The van der Waals surface area contributed by atoms with E-state index in [2.05, 4.69) is 10.5 Å². The van der Waals surface area contributed by atoms with Crippen LogP contribution in [0.25, 0.3) is 0 Å². The summed E-state index contributed by atoms with van der Waals surface area (Å²) in [6, 6.07) is 8.94. The second-order valence-electron chi connectivity index (χ2n) is 4.56. The van der Waals surface area contributed by atoms with Crippen molar-refractivity contribution >= 4 is 29.1 Å². The summed E-state index contributed by atoms with van der Waals surface area (Å²) in [5.41, 5.74) is 0.588. The molecule has 1 aromatic heterocycles. The molecular weight excluding hydrogens is 316 g/mol. The first-order chi connectivity index (χ1) is 11.1. The molecule has 0 bridgehead atoms. The van der Waals surface area contributed by atoms with Crippen molar-refractivity contribution < 1.29 is 19.1 Å². The van der Waals surface area contributed by atoms with Crippen molar-refractivity contribution in [2.45, 2.75) is 13.0 Å². The van der Waals surface area contributed by atoms with E-state index in [1.165, 1.54) is 18.4 Å². The van der Waals surface area contributed by atoms with Crippen LogP contribution in [0, 0.1) is 0 Å². The molecule has 0 aliphatic rings. The minimum absolute atomic E-state index is 0.305. The van der Waals surface area contributed by atoms with E-state index in [4.69, 9.17) is 14.3 Å². The van der Waals surface area contributed by atoms with Crippen LogP contribution in [0.3, 0.4) is 0 Å². The number of thiophene rings is 1. The predicted octanol–water partition coefficient (Wildman–Crippen LogP) is 3.14. The van der Waals surface area contributed by atoms with Gasteiger partial charge in [-0.05, 0) is 30.5 Å². The third kappa shape index (κ3) is 4.72. The first kappa shape index (κ1) is 16.8. The number of nitrogens with zero attached hydrogens (tertiary/aromatic N) is 1. The Morgan fingerprint density at radius 2 is 2.04 bits per heavy atom. The Hall–Kier alpha value is -2.54. The van der Waals surface area contributed by atoms with Crippen LogP contribution in [-0.4, -0.2) is 32.4 Å². The first-order valence-electron chi connectivity index (χ1n) is 6.89. The molecule has 0 saturated carbocycles. The lowest BCUT2D eigenvalue weighted by Gasteiger charge is -2.12. The summed E-state index contributed by atoms with van der Waals surface area (Å²) in [5, 5.41) is 8.50. The number of amides is 1.